The van der Waals surface area contributed by atoms with Crippen LogP contribution < -0.4 is 0 Å². The minimum absolute atomic E-state index is 0.0799. The summed E-state index contributed by atoms with van der Waals surface area (Å²) in [5.41, 5.74) is 1.67. The molecule has 100 valence electrons. The molecule has 2 aliphatic heterocycles. The quantitative estimate of drug-likeness (QED) is 0.828. The summed E-state index contributed by atoms with van der Waals surface area (Å²) in [4.78, 5) is 27.4. The Morgan fingerprint density at radius 1 is 1.37 bits per heavy atom. The summed E-state index contributed by atoms with van der Waals surface area (Å²) in [5.74, 6) is -0.165. The SMILES string of the molecule is O=C(CN1Cc2ccccc2C1=O)N1CC[C@@H](O)C1. The van der Waals surface area contributed by atoms with Crippen molar-refractivity contribution in [1.29, 1.82) is 0 Å². The van der Waals surface area contributed by atoms with Gasteiger partial charge in [0, 0.05) is 25.2 Å². The molecule has 0 saturated carbocycles. The van der Waals surface area contributed by atoms with Crippen LogP contribution in [0.2, 0.25) is 0 Å². The van der Waals surface area contributed by atoms with Gasteiger partial charge in [-0.3, -0.25) is 9.59 Å². The number of aliphatic hydroxyl groups excluding tert-OH is 1. The van der Waals surface area contributed by atoms with Gasteiger partial charge in [0.2, 0.25) is 5.91 Å². The lowest BCUT2D eigenvalue weighted by molar-refractivity contribution is -0.131. The zero-order valence-corrected chi connectivity index (χ0v) is 10.6. The molecule has 1 aromatic carbocycles. The second-order valence-electron chi connectivity index (χ2n) is 5.10. The highest BCUT2D eigenvalue weighted by atomic mass is 16.3. The monoisotopic (exact) mass is 260 g/mol. The molecule has 5 nitrogen and oxygen atoms in total. The van der Waals surface area contributed by atoms with Gasteiger partial charge in [0.05, 0.1) is 6.10 Å². The zero-order chi connectivity index (χ0) is 13.4. The highest BCUT2D eigenvalue weighted by Crippen LogP contribution is 2.22. The minimum atomic E-state index is -0.421. The van der Waals surface area contributed by atoms with Crippen LogP contribution in [-0.2, 0) is 11.3 Å². The van der Waals surface area contributed by atoms with Crippen LogP contribution in [0.25, 0.3) is 0 Å². The predicted octanol–water partition coefficient (Wildman–Crippen LogP) is 0.236. The highest BCUT2D eigenvalue weighted by molar-refractivity contribution is 6.00. The second-order valence-corrected chi connectivity index (χ2v) is 5.10. The highest BCUT2D eigenvalue weighted by Gasteiger charge is 2.31. The van der Waals surface area contributed by atoms with E-state index in [9.17, 15) is 14.7 Å². The van der Waals surface area contributed by atoms with Crippen molar-refractivity contribution in [1.82, 2.24) is 9.80 Å². The number of likely N-dealkylation sites (tertiary alicyclic amines) is 1. The largest absolute Gasteiger partial charge is 0.391 e. The molecule has 19 heavy (non-hydrogen) atoms. The van der Waals surface area contributed by atoms with Crippen LogP contribution in [0, 0.1) is 0 Å². The van der Waals surface area contributed by atoms with Crippen molar-refractivity contribution in [3.8, 4) is 0 Å². The average molecular weight is 260 g/mol. The van der Waals surface area contributed by atoms with Crippen LogP contribution in [0.1, 0.15) is 22.3 Å². The number of amides is 2. The summed E-state index contributed by atoms with van der Waals surface area (Å²) in [6, 6.07) is 7.44. The Balaban J connectivity index is 1.66. The Labute approximate surface area is 111 Å². The van der Waals surface area contributed by atoms with E-state index in [4.69, 9.17) is 0 Å². The molecule has 0 spiro atoms. The molecule has 1 atom stereocenters. The molecule has 0 unspecified atom stereocenters. The van der Waals surface area contributed by atoms with E-state index in [1.807, 2.05) is 18.2 Å². The normalized spacial score (nSPS) is 21.9. The van der Waals surface area contributed by atoms with E-state index >= 15 is 0 Å². The molecular weight excluding hydrogens is 244 g/mol. The van der Waals surface area contributed by atoms with Crippen molar-refractivity contribution >= 4 is 11.8 Å². The number of β-amino-alcohol motifs (C(OH)–C–C–N with tert-alkyl or cyclic N) is 1. The number of hydrogen-bond donors (Lipinski definition) is 1. The molecule has 1 saturated heterocycles. The standard InChI is InChI=1S/C14H16N2O3/c17-11-5-6-15(8-11)13(18)9-16-7-10-3-1-2-4-12(10)14(16)19/h1-4,11,17H,5-9H2/t11-/m1/s1. The molecule has 0 radical (unpaired) electrons. The molecule has 0 aliphatic carbocycles. The van der Waals surface area contributed by atoms with Crippen LogP contribution in [0.15, 0.2) is 24.3 Å². The number of carbonyl (C=O) groups is 2. The van der Waals surface area contributed by atoms with E-state index in [0.29, 0.717) is 31.6 Å². The van der Waals surface area contributed by atoms with Gasteiger partial charge in [-0.05, 0) is 18.1 Å². The summed E-state index contributed by atoms with van der Waals surface area (Å²) < 4.78 is 0. The minimum Gasteiger partial charge on any atom is -0.391 e. The van der Waals surface area contributed by atoms with Gasteiger partial charge in [-0.1, -0.05) is 18.2 Å². The average Bonchev–Trinajstić information content (AvgIpc) is 2.96. The number of fused-ring (bicyclic) bond motifs is 1. The van der Waals surface area contributed by atoms with Crippen molar-refractivity contribution in [2.75, 3.05) is 19.6 Å². The fraction of sp³-hybridized carbons (Fsp3) is 0.429. The topological polar surface area (TPSA) is 60.9 Å². The van der Waals surface area contributed by atoms with E-state index in [-0.39, 0.29) is 18.4 Å². The van der Waals surface area contributed by atoms with Gasteiger partial charge in [-0.15, -0.1) is 0 Å². The number of benzene rings is 1. The number of aliphatic hydroxyl groups is 1. The van der Waals surface area contributed by atoms with Gasteiger partial charge in [0.15, 0.2) is 0 Å². The maximum Gasteiger partial charge on any atom is 0.254 e. The van der Waals surface area contributed by atoms with Gasteiger partial charge >= 0.3 is 0 Å². The molecule has 2 heterocycles. The molecule has 0 aromatic heterocycles. The summed E-state index contributed by atoms with van der Waals surface area (Å²) in [6.07, 6.45) is 0.204. The number of hydrogen-bond acceptors (Lipinski definition) is 3. The van der Waals surface area contributed by atoms with Crippen molar-refractivity contribution in [3.63, 3.8) is 0 Å². The van der Waals surface area contributed by atoms with Crippen LogP contribution in [0.3, 0.4) is 0 Å². The first-order chi connectivity index (χ1) is 9.15. The lowest BCUT2D eigenvalue weighted by Gasteiger charge is -2.20. The first kappa shape index (κ1) is 12.2. The van der Waals surface area contributed by atoms with Crippen molar-refractivity contribution < 1.29 is 14.7 Å². The molecule has 2 aliphatic rings. The summed E-state index contributed by atoms with van der Waals surface area (Å²) in [6.45, 7) is 1.56. The van der Waals surface area contributed by atoms with E-state index in [1.165, 1.54) is 0 Å². The van der Waals surface area contributed by atoms with E-state index in [0.717, 1.165) is 5.56 Å². The Morgan fingerprint density at radius 3 is 2.84 bits per heavy atom. The van der Waals surface area contributed by atoms with Gasteiger partial charge < -0.3 is 14.9 Å². The van der Waals surface area contributed by atoms with Gasteiger partial charge in [0.25, 0.3) is 5.91 Å². The Bertz CT molecular complexity index is 529. The third kappa shape index (κ3) is 2.21. The maximum absolute atomic E-state index is 12.1. The van der Waals surface area contributed by atoms with Crippen molar-refractivity contribution in [2.24, 2.45) is 0 Å². The smallest absolute Gasteiger partial charge is 0.254 e. The molecule has 1 fully saturated rings. The van der Waals surface area contributed by atoms with Crippen molar-refractivity contribution in [2.45, 2.75) is 19.1 Å². The van der Waals surface area contributed by atoms with Gasteiger partial charge in [0.1, 0.15) is 6.54 Å². The predicted molar refractivity (Wildman–Crippen MR) is 68.4 cm³/mol. The molecule has 2 amide bonds. The first-order valence-corrected chi connectivity index (χ1v) is 6.48. The Hall–Kier alpha value is -1.88. The molecule has 1 aromatic rings. The summed E-state index contributed by atoms with van der Waals surface area (Å²) in [5, 5.41) is 9.43. The number of carbonyl (C=O) groups excluding carboxylic acids is 2. The summed E-state index contributed by atoms with van der Waals surface area (Å²) >= 11 is 0. The van der Waals surface area contributed by atoms with Crippen LogP contribution in [-0.4, -0.2) is 52.5 Å². The molecule has 5 heteroatoms. The van der Waals surface area contributed by atoms with Gasteiger partial charge in [-0.25, -0.2) is 0 Å². The number of rotatable bonds is 2. The van der Waals surface area contributed by atoms with Gasteiger partial charge in [-0.2, -0.15) is 0 Å². The van der Waals surface area contributed by atoms with Crippen LogP contribution >= 0.6 is 0 Å². The fourth-order valence-corrected chi connectivity index (χ4v) is 2.67. The maximum atomic E-state index is 12.1. The fourth-order valence-electron chi connectivity index (χ4n) is 2.67. The van der Waals surface area contributed by atoms with E-state index in [2.05, 4.69) is 0 Å². The first-order valence-electron chi connectivity index (χ1n) is 6.48. The zero-order valence-electron chi connectivity index (χ0n) is 10.6. The Kier molecular flexibility index (Phi) is 2.98. The van der Waals surface area contributed by atoms with Crippen molar-refractivity contribution in [3.05, 3.63) is 35.4 Å². The van der Waals surface area contributed by atoms with E-state index < -0.39 is 6.10 Å². The van der Waals surface area contributed by atoms with Crippen LogP contribution in [0.4, 0.5) is 0 Å². The number of nitrogens with zero attached hydrogens (tertiary/aromatic N) is 2. The lowest BCUT2D eigenvalue weighted by Crippen LogP contribution is -2.39. The Morgan fingerprint density at radius 2 is 2.16 bits per heavy atom. The van der Waals surface area contributed by atoms with Crippen LogP contribution in [0.5, 0.6) is 0 Å². The molecular formula is C14H16N2O3. The molecule has 0 bridgehead atoms. The lowest BCUT2D eigenvalue weighted by atomic mass is 10.1. The summed E-state index contributed by atoms with van der Waals surface area (Å²) in [7, 11) is 0. The third-order valence-electron chi connectivity index (χ3n) is 3.74. The second kappa shape index (κ2) is 4.66. The van der Waals surface area contributed by atoms with E-state index in [1.54, 1.807) is 15.9 Å². The molecule has 1 N–H and O–H groups in total. The molecule has 3 rings (SSSR count). The third-order valence-corrected chi connectivity index (χ3v) is 3.74.